The van der Waals surface area contributed by atoms with E-state index in [4.69, 9.17) is 4.74 Å². The van der Waals surface area contributed by atoms with E-state index >= 15 is 0 Å². The largest absolute Gasteiger partial charge is 0.370 e. The van der Waals surface area contributed by atoms with Crippen LogP contribution in [0.2, 0.25) is 0 Å². The second kappa shape index (κ2) is 6.10. The quantitative estimate of drug-likeness (QED) is 0.768. The summed E-state index contributed by atoms with van der Waals surface area (Å²) in [7, 11) is 1.67. The van der Waals surface area contributed by atoms with Crippen LogP contribution < -0.4 is 0 Å². The topological polar surface area (TPSA) is 39.2 Å². The van der Waals surface area contributed by atoms with Crippen molar-refractivity contribution in [3.8, 4) is 0 Å². The molecular formula is C15H21NO2. The number of ether oxygens (including phenoxy) is 1. The molecule has 0 spiro atoms. The van der Waals surface area contributed by atoms with E-state index in [2.05, 4.69) is 4.98 Å². The lowest BCUT2D eigenvalue weighted by Crippen LogP contribution is -2.41. The summed E-state index contributed by atoms with van der Waals surface area (Å²) in [6.07, 6.45) is 8.42. The Bertz CT molecular complexity index is 381. The lowest BCUT2D eigenvalue weighted by Gasteiger charge is -2.29. The van der Waals surface area contributed by atoms with Crippen molar-refractivity contribution in [2.24, 2.45) is 0 Å². The Morgan fingerprint density at radius 1 is 1.28 bits per heavy atom. The Morgan fingerprint density at radius 3 is 2.56 bits per heavy atom. The Labute approximate surface area is 109 Å². The molecule has 1 aliphatic carbocycles. The molecule has 2 rings (SSSR count). The van der Waals surface area contributed by atoms with E-state index < -0.39 is 5.60 Å². The van der Waals surface area contributed by atoms with Gasteiger partial charge in [0.15, 0.2) is 5.78 Å². The van der Waals surface area contributed by atoms with Crippen LogP contribution in [0.1, 0.15) is 44.2 Å². The molecule has 0 saturated heterocycles. The summed E-state index contributed by atoms with van der Waals surface area (Å²) in [6, 6.07) is 5.69. The maximum atomic E-state index is 12.5. The van der Waals surface area contributed by atoms with Crippen molar-refractivity contribution in [1.29, 1.82) is 0 Å². The zero-order chi connectivity index (χ0) is 12.8. The highest BCUT2D eigenvalue weighted by Crippen LogP contribution is 2.31. The summed E-state index contributed by atoms with van der Waals surface area (Å²) < 4.78 is 5.62. The number of methoxy groups -OCH3 is 1. The van der Waals surface area contributed by atoms with Crippen LogP contribution in [0.15, 0.2) is 24.4 Å². The summed E-state index contributed by atoms with van der Waals surface area (Å²) in [4.78, 5) is 16.7. The molecule has 0 N–H and O–H groups in total. The van der Waals surface area contributed by atoms with Gasteiger partial charge in [-0.15, -0.1) is 0 Å². The molecule has 0 atom stereocenters. The summed E-state index contributed by atoms with van der Waals surface area (Å²) in [6.45, 7) is 0. The van der Waals surface area contributed by atoms with Crippen LogP contribution in [0.25, 0.3) is 0 Å². The van der Waals surface area contributed by atoms with E-state index in [1.165, 1.54) is 12.8 Å². The average molecular weight is 247 g/mol. The van der Waals surface area contributed by atoms with Crippen LogP contribution in [-0.4, -0.2) is 23.5 Å². The molecule has 1 saturated carbocycles. The SMILES string of the molecule is COC1(C(=O)Cc2ccccn2)CCCCCC1. The minimum atomic E-state index is -0.561. The van der Waals surface area contributed by atoms with Crippen molar-refractivity contribution < 1.29 is 9.53 Å². The number of nitrogens with zero attached hydrogens (tertiary/aromatic N) is 1. The van der Waals surface area contributed by atoms with E-state index in [9.17, 15) is 4.79 Å². The molecular weight excluding hydrogens is 226 g/mol. The van der Waals surface area contributed by atoms with Gasteiger partial charge < -0.3 is 4.74 Å². The first-order chi connectivity index (χ1) is 8.77. The van der Waals surface area contributed by atoms with Crippen molar-refractivity contribution in [2.75, 3.05) is 7.11 Å². The third kappa shape index (κ3) is 2.96. The first kappa shape index (κ1) is 13.2. The molecule has 0 unspecified atom stereocenters. The minimum Gasteiger partial charge on any atom is -0.370 e. The smallest absolute Gasteiger partial charge is 0.170 e. The number of Topliss-reactive ketones (excluding diaryl/α,β-unsaturated/α-hetero) is 1. The number of aromatic nitrogens is 1. The molecule has 1 aliphatic rings. The zero-order valence-electron chi connectivity index (χ0n) is 11.0. The van der Waals surface area contributed by atoms with Gasteiger partial charge in [-0.1, -0.05) is 31.7 Å². The van der Waals surface area contributed by atoms with Crippen LogP contribution in [0.4, 0.5) is 0 Å². The van der Waals surface area contributed by atoms with E-state index in [0.717, 1.165) is 31.4 Å². The highest BCUT2D eigenvalue weighted by atomic mass is 16.5. The number of hydrogen-bond donors (Lipinski definition) is 0. The third-order valence-corrected chi connectivity index (χ3v) is 3.88. The molecule has 3 nitrogen and oxygen atoms in total. The van der Waals surface area contributed by atoms with E-state index in [-0.39, 0.29) is 5.78 Å². The molecule has 0 aliphatic heterocycles. The van der Waals surface area contributed by atoms with Crippen LogP contribution in [0.3, 0.4) is 0 Å². The van der Waals surface area contributed by atoms with Crippen molar-refractivity contribution in [3.63, 3.8) is 0 Å². The highest BCUT2D eigenvalue weighted by molar-refractivity contribution is 5.89. The number of carbonyl (C=O) groups is 1. The predicted octanol–water partition coefficient (Wildman–Crippen LogP) is 2.93. The molecule has 0 bridgehead atoms. The van der Waals surface area contributed by atoms with Crippen LogP contribution in [0, 0.1) is 0 Å². The molecule has 0 radical (unpaired) electrons. The lowest BCUT2D eigenvalue weighted by molar-refractivity contribution is -0.142. The first-order valence-corrected chi connectivity index (χ1v) is 6.75. The summed E-state index contributed by atoms with van der Waals surface area (Å²) in [5.74, 6) is 0.186. The van der Waals surface area contributed by atoms with Gasteiger partial charge >= 0.3 is 0 Å². The maximum absolute atomic E-state index is 12.5. The van der Waals surface area contributed by atoms with Gasteiger partial charge in [-0.3, -0.25) is 9.78 Å². The Morgan fingerprint density at radius 2 is 2.00 bits per heavy atom. The van der Waals surface area contributed by atoms with Crippen LogP contribution >= 0.6 is 0 Å². The Balaban J connectivity index is 2.09. The van der Waals surface area contributed by atoms with Crippen LogP contribution in [-0.2, 0) is 16.0 Å². The van der Waals surface area contributed by atoms with Crippen molar-refractivity contribution in [2.45, 2.75) is 50.5 Å². The van der Waals surface area contributed by atoms with Gasteiger partial charge in [-0.25, -0.2) is 0 Å². The molecule has 0 amide bonds. The standard InChI is InChI=1S/C15H21NO2/c1-18-15(9-5-2-3-6-10-15)14(17)12-13-8-4-7-11-16-13/h4,7-8,11H,2-3,5-6,9-10,12H2,1H3. The fourth-order valence-corrected chi connectivity index (χ4v) is 2.72. The molecule has 1 aromatic rings. The molecule has 1 heterocycles. The summed E-state index contributed by atoms with van der Waals surface area (Å²) in [5.41, 5.74) is 0.275. The van der Waals surface area contributed by atoms with Gasteiger partial charge in [0.2, 0.25) is 0 Å². The van der Waals surface area contributed by atoms with E-state index in [0.29, 0.717) is 6.42 Å². The van der Waals surface area contributed by atoms with E-state index in [1.54, 1.807) is 13.3 Å². The van der Waals surface area contributed by atoms with Gasteiger partial charge in [-0.05, 0) is 25.0 Å². The molecule has 18 heavy (non-hydrogen) atoms. The van der Waals surface area contributed by atoms with Gasteiger partial charge in [0, 0.05) is 19.0 Å². The number of carbonyl (C=O) groups excluding carboxylic acids is 1. The normalized spacial score (nSPS) is 19.2. The number of rotatable bonds is 4. The molecule has 3 heteroatoms. The second-order valence-corrected chi connectivity index (χ2v) is 5.03. The minimum absolute atomic E-state index is 0.186. The third-order valence-electron chi connectivity index (χ3n) is 3.88. The number of ketones is 1. The monoisotopic (exact) mass is 247 g/mol. The first-order valence-electron chi connectivity index (χ1n) is 6.75. The molecule has 98 valence electrons. The average Bonchev–Trinajstić information content (AvgIpc) is 2.66. The van der Waals surface area contributed by atoms with Crippen molar-refractivity contribution in [3.05, 3.63) is 30.1 Å². The summed E-state index contributed by atoms with van der Waals surface area (Å²) >= 11 is 0. The highest BCUT2D eigenvalue weighted by Gasteiger charge is 2.38. The predicted molar refractivity (Wildman–Crippen MR) is 70.4 cm³/mol. The molecule has 0 aromatic carbocycles. The van der Waals surface area contributed by atoms with Crippen molar-refractivity contribution >= 4 is 5.78 Å². The fraction of sp³-hybridized carbons (Fsp3) is 0.600. The summed E-state index contributed by atoms with van der Waals surface area (Å²) in [5, 5.41) is 0. The number of hydrogen-bond acceptors (Lipinski definition) is 3. The Kier molecular flexibility index (Phi) is 4.48. The van der Waals surface area contributed by atoms with Gasteiger partial charge in [-0.2, -0.15) is 0 Å². The molecule has 1 aromatic heterocycles. The lowest BCUT2D eigenvalue weighted by atomic mass is 9.87. The van der Waals surface area contributed by atoms with Gasteiger partial charge in [0.1, 0.15) is 5.60 Å². The van der Waals surface area contributed by atoms with E-state index in [1.807, 2.05) is 18.2 Å². The Hall–Kier alpha value is -1.22. The fourth-order valence-electron chi connectivity index (χ4n) is 2.72. The number of pyridine rings is 1. The van der Waals surface area contributed by atoms with Crippen molar-refractivity contribution in [1.82, 2.24) is 4.98 Å². The van der Waals surface area contributed by atoms with Gasteiger partial charge in [0.05, 0.1) is 6.42 Å². The van der Waals surface area contributed by atoms with Crippen LogP contribution in [0.5, 0.6) is 0 Å². The zero-order valence-corrected chi connectivity index (χ0v) is 11.0. The molecule has 1 fully saturated rings. The maximum Gasteiger partial charge on any atom is 0.170 e. The van der Waals surface area contributed by atoms with Gasteiger partial charge in [0.25, 0.3) is 0 Å². The second-order valence-electron chi connectivity index (χ2n) is 5.03.